The van der Waals surface area contributed by atoms with Crippen LogP contribution in [0.5, 0.6) is 0 Å². The number of methoxy groups -OCH3 is 1. The van der Waals surface area contributed by atoms with Gasteiger partial charge in [0.25, 0.3) is 0 Å². The van der Waals surface area contributed by atoms with Gasteiger partial charge in [-0.15, -0.1) is 0 Å². The van der Waals surface area contributed by atoms with Crippen LogP contribution in [0.3, 0.4) is 0 Å². The molecule has 0 aliphatic heterocycles. The van der Waals surface area contributed by atoms with Gasteiger partial charge in [0.15, 0.2) is 5.82 Å². The molecule has 1 rings (SSSR count). The van der Waals surface area contributed by atoms with Gasteiger partial charge in [-0.1, -0.05) is 0 Å². The Bertz CT molecular complexity index is 331. The molecule has 5 nitrogen and oxygen atoms in total. The monoisotopic (exact) mass is 225 g/mol. The number of aromatic nitrogens is 1. The number of aliphatic hydroxyl groups excluding tert-OH is 1. The first-order valence-corrected chi connectivity index (χ1v) is 5.26. The number of hydrogen-bond donors (Lipinski definition) is 2. The van der Waals surface area contributed by atoms with Gasteiger partial charge in [0.2, 0.25) is 0 Å². The number of nitrogen functional groups attached to an aromatic ring is 1. The average molecular weight is 225 g/mol. The molecular weight excluding hydrogens is 206 g/mol. The molecular formula is C11H19N3O2. The molecule has 0 unspecified atom stereocenters. The minimum Gasteiger partial charge on any atom is -0.396 e. The molecule has 0 fully saturated rings. The third-order valence-corrected chi connectivity index (χ3v) is 2.27. The average Bonchev–Trinajstić information content (AvgIpc) is 2.25. The summed E-state index contributed by atoms with van der Waals surface area (Å²) in [5.74, 6) is 0.705. The first-order chi connectivity index (χ1) is 7.69. The fourth-order valence-electron chi connectivity index (χ4n) is 1.49. The zero-order valence-electron chi connectivity index (χ0n) is 9.81. The maximum atomic E-state index is 8.99. The lowest BCUT2D eigenvalue weighted by molar-refractivity contribution is 0.202. The number of anilines is 2. The van der Waals surface area contributed by atoms with Gasteiger partial charge in [0.1, 0.15) is 0 Å². The molecule has 16 heavy (non-hydrogen) atoms. The van der Waals surface area contributed by atoms with Crippen molar-refractivity contribution in [2.45, 2.75) is 6.92 Å². The number of nitrogens with two attached hydrogens (primary N) is 1. The number of aryl methyl sites for hydroxylation is 1. The summed E-state index contributed by atoms with van der Waals surface area (Å²) in [6.45, 7) is 3.76. The van der Waals surface area contributed by atoms with Crippen molar-refractivity contribution in [1.82, 2.24) is 4.98 Å². The lowest BCUT2D eigenvalue weighted by atomic mass is 10.2. The Hall–Kier alpha value is -1.33. The summed E-state index contributed by atoms with van der Waals surface area (Å²) >= 11 is 0. The minimum absolute atomic E-state index is 0.0682. The van der Waals surface area contributed by atoms with E-state index in [-0.39, 0.29) is 6.61 Å². The molecule has 0 radical (unpaired) electrons. The van der Waals surface area contributed by atoms with Crippen LogP contribution in [0.2, 0.25) is 0 Å². The van der Waals surface area contributed by atoms with Crippen LogP contribution >= 0.6 is 0 Å². The second kappa shape index (κ2) is 6.30. The molecule has 0 aliphatic carbocycles. The van der Waals surface area contributed by atoms with Gasteiger partial charge >= 0.3 is 0 Å². The Morgan fingerprint density at radius 1 is 1.50 bits per heavy atom. The first-order valence-electron chi connectivity index (χ1n) is 5.26. The molecule has 0 saturated carbocycles. The van der Waals surface area contributed by atoms with E-state index in [0.29, 0.717) is 31.2 Å². The summed E-state index contributed by atoms with van der Waals surface area (Å²) in [7, 11) is 1.64. The molecule has 0 atom stereocenters. The van der Waals surface area contributed by atoms with Crippen molar-refractivity contribution in [2.75, 3.05) is 44.0 Å². The Balaban J connectivity index is 2.82. The first kappa shape index (κ1) is 12.7. The van der Waals surface area contributed by atoms with Gasteiger partial charge < -0.3 is 20.5 Å². The standard InChI is InChI=1S/C11H19N3O2/c1-9-7-10(12)11(13-8-9)14(3-5-15)4-6-16-2/h7-8,15H,3-6,12H2,1-2H3. The fraction of sp³-hybridized carbons (Fsp3) is 0.545. The van der Waals surface area contributed by atoms with Crippen molar-refractivity contribution in [2.24, 2.45) is 0 Å². The van der Waals surface area contributed by atoms with Crippen molar-refractivity contribution >= 4 is 11.5 Å². The van der Waals surface area contributed by atoms with Gasteiger partial charge in [-0.25, -0.2) is 4.98 Å². The van der Waals surface area contributed by atoms with E-state index >= 15 is 0 Å². The second-order valence-corrected chi connectivity index (χ2v) is 3.63. The van der Waals surface area contributed by atoms with Crippen LogP contribution in [0.15, 0.2) is 12.3 Å². The van der Waals surface area contributed by atoms with Crippen molar-refractivity contribution in [3.63, 3.8) is 0 Å². The number of rotatable bonds is 6. The third kappa shape index (κ3) is 3.36. The van der Waals surface area contributed by atoms with E-state index < -0.39 is 0 Å². The lowest BCUT2D eigenvalue weighted by Crippen LogP contribution is -2.31. The summed E-state index contributed by atoms with van der Waals surface area (Å²) in [6.07, 6.45) is 1.77. The summed E-state index contributed by atoms with van der Waals surface area (Å²) in [4.78, 5) is 6.20. The maximum absolute atomic E-state index is 8.99. The molecule has 1 aromatic heterocycles. The van der Waals surface area contributed by atoms with Gasteiger partial charge in [-0.3, -0.25) is 0 Å². The highest BCUT2D eigenvalue weighted by Crippen LogP contribution is 2.20. The topological polar surface area (TPSA) is 71.6 Å². The van der Waals surface area contributed by atoms with Crippen LogP contribution in [-0.2, 0) is 4.74 Å². The SMILES string of the molecule is COCCN(CCO)c1ncc(C)cc1N. The number of aliphatic hydroxyl groups is 1. The Morgan fingerprint density at radius 2 is 2.25 bits per heavy atom. The predicted octanol–water partition coefficient (Wildman–Crippen LogP) is 0.417. The van der Waals surface area contributed by atoms with Crippen molar-refractivity contribution < 1.29 is 9.84 Å². The van der Waals surface area contributed by atoms with Crippen molar-refractivity contribution in [1.29, 1.82) is 0 Å². The van der Waals surface area contributed by atoms with Gasteiger partial charge in [-0.2, -0.15) is 0 Å². The molecule has 0 amide bonds. The fourth-order valence-corrected chi connectivity index (χ4v) is 1.49. The van der Waals surface area contributed by atoms with Crippen LogP contribution in [0.4, 0.5) is 11.5 Å². The zero-order chi connectivity index (χ0) is 12.0. The van der Waals surface area contributed by atoms with E-state index in [0.717, 1.165) is 5.56 Å². The third-order valence-electron chi connectivity index (χ3n) is 2.27. The molecule has 1 heterocycles. The highest BCUT2D eigenvalue weighted by Gasteiger charge is 2.10. The molecule has 0 aromatic carbocycles. The summed E-state index contributed by atoms with van der Waals surface area (Å²) < 4.78 is 5.01. The molecule has 5 heteroatoms. The second-order valence-electron chi connectivity index (χ2n) is 3.63. The normalized spacial score (nSPS) is 10.4. The number of pyridine rings is 1. The lowest BCUT2D eigenvalue weighted by Gasteiger charge is -2.23. The number of hydrogen-bond acceptors (Lipinski definition) is 5. The quantitative estimate of drug-likeness (QED) is 0.734. The van der Waals surface area contributed by atoms with E-state index in [1.165, 1.54) is 0 Å². The van der Waals surface area contributed by atoms with Crippen LogP contribution in [-0.4, -0.2) is 43.5 Å². The van der Waals surface area contributed by atoms with Crippen LogP contribution in [0.1, 0.15) is 5.56 Å². The molecule has 90 valence electrons. The zero-order valence-corrected chi connectivity index (χ0v) is 9.81. The Morgan fingerprint density at radius 3 is 2.81 bits per heavy atom. The predicted molar refractivity (Wildman–Crippen MR) is 64.6 cm³/mol. The van der Waals surface area contributed by atoms with E-state index in [9.17, 15) is 0 Å². The number of ether oxygens (including phenoxy) is 1. The molecule has 3 N–H and O–H groups in total. The highest BCUT2D eigenvalue weighted by molar-refractivity contribution is 5.63. The summed E-state index contributed by atoms with van der Waals surface area (Å²) in [6, 6.07) is 1.87. The largest absolute Gasteiger partial charge is 0.396 e. The Labute approximate surface area is 95.8 Å². The molecule has 0 saturated heterocycles. The summed E-state index contributed by atoms with van der Waals surface area (Å²) in [5.41, 5.74) is 7.55. The van der Waals surface area contributed by atoms with Crippen molar-refractivity contribution in [3.8, 4) is 0 Å². The smallest absolute Gasteiger partial charge is 0.151 e. The Kier molecular flexibility index (Phi) is 5.01. The number of nitrogens with zero attached hydrogens (tertiary/aromatic N) is 2. The van der Waals surface area contributed by atoms with Crippen molar-refractivity contribution in [3.05, 3.63) is 17.8 Å². The van der Waals surface area contributed by atoms with E-state index in [1.54, 1.807) is 13.3 Å². The highest BCUT2D eigenvalue weighted by atomic mass is 16.5. The van der Waals surface area contributed by atoms with E-state index in [2.05, 4.69) is 4.98 Å². The van der Waals surface area contributed by atoms with Crippen LogP contribution in [0.25, 0.3) is 0 Å². The van der Waals surface area contributed by atoms with E-state index in [4.69, 9.17) is 15.6 Å². The molecule has 1 aromatic rings. The van der Waals surface area contributed by atoms with Crippen LogP contribution < -0.4 is 10.6 Å². The van der Waals surface area contributed by atoms with E-state index in [1.807, 2.05) is 17.9 Å². The van der Waals surface area contributed by atoms with Gasteiger partial charge in [0, 0.05) is 26.4 Å². The van der Waals surface area contributed by atoms with Gasteiger partial charge in [0.05, 0.1) is 18.9 Å². The maximum Gasteiger partial charge on any atom is 0.151 e. The van der Waals surface area contributed by atoms with Gasteiger partial charge in [-0.05, 0) is 18.6 Å². The molecule has 0 aliphatic rings. The summed E-state index contributed by atoms with van der Waals surface area (Å²) in [5, 5.41) is 8.99. The van der Waals surface area contributed by atoms with Crippen LogP contribution in [0, 0.1) is 6.92 Å². The molecule has 0 bridgehead atoms. The minimum atomic E-state index is 0.0682. The molecule has 0 spiro atoms.